The molecule has 0 amide bonds. The summed E-state index contributed by atoms with van der Waals surface area (Å²) in [5.41, 5.74) is 1.33. The van der Waals surface area contributed by atoms with Crippen molar-refractivity contribution in [2.75, 3.05) is 20.2 Å². The summed E-state index contributed by atoms with van der Waals surface area (Å²) >= 11 is 0. The van der Waals surface area contributed by atoms with Crippen molar-refractivity contribution < 1.29 is 4.74 Å². The zero-order valence-corrected chi connectivity index (χ0v) is 10.9. The first kappa shape index (κ1) is 13.0. The summed E-state index contributed by atoms with van der Waals surface area (Å²) in [6.07, 6.45) is 1.14. The number of rotatable bonds is 1. The zero-order valence-electron chi connectivity index (χ0n) is 10.9. The number of hydrogen-bond acceptors (Lipinski definition) is 2. The van der Waals surface area contributed by atoms with Crippen LogP contribution in [0.2, 0.25) is 0 Å². The summed E-state index contributed by atoms with van der Waals surface area (Å²) in [7, 11) is 2.17. The van der Waals surface area contributed by atoms with Crippen LogP contribution in [-0.2, 0) is 0 Å². The largest absolute Gasteiger partial charge is 0.492 e. The lowest BCUT2D eigenvalue weighted by Gasteiger charge is -2.24. The normalized spacial score (nSPS) is 19.9. The lowest BCUT2D eigenvalue weighted by Crippen LogP contribution is -2.25. The summed E-state index contributed by atoms with van der Waals surface area (Å²) in [5.74, 6) is 1.06. The van der Waals surface area contributed by atoms with Gasteiger partial charge in [-0.05, 0) is 19.5 Å². The quantitative estimate of drug-likeness (QED) is 0.720. The number of para-hydroxylation sites is 1. The van der Waals surface area contributed by atoms with Crippen molar-refractivity contribution in [3.63, 3.8) is 0 Å². The highest BCUT2D eigenvalue weighted by molar-refractivity contribution is 5.36. The highest BCUT2D eigenvalue weighted by Crippen LogP contribution is 2.32. The number of ether oxygens (including phenoxy) is 1. The second kappa shape index (κ2) is 6.54. The maximum Gasteiger partial charge on any atom is 0.124 e. The Labute approximate surface area is 99.2 Å². The van der Waals surface area contributed by atoms with Crippen molar-refractivity contribution in [1.29, 1.82) is 0 Å². The van der Waals surface area contributed by atoms with E-state index in [0.717, 1.165) is 25.3 Å². The second-order valence-corrected chi connectivity index (χ2v) is 3.79. The van der Waals surface area contributed by atoms with Gasteiger partial charge in [0.2, 0.25) is 0 Å². The van der Waals surface area contributed by atoms with E-state index < -0.39 is 0 Å². The fraction of sp³-hybridized carbons (Fsp3) is 0.571. The first-order valence-electron chi connectivity index (χ1n) is 6.25. The van der Waals surface area contributed by atoms with Gasteiger partial charge in [-0.2, -0.15) is 0 Å². The second-order valence-electron chi connectivity index (χ2n) is 3.79. The van der Waals surface area contributed by atoms with Gasteiger partial charge in [-0.25, -0.2) is 0 Å². The molecule has 2 nitrogen and oxygen atoms in total. The van der Waals surface area contributed by atoms with Gasteiger partial charge >= 0.3 is 0 Å². The van der Waals surface area contributed by atoms with E-state index in [4.69, 9.17) is 4.74 Å². The van der Waals surface area contributed by atoms with Crippen LogP contribution in [0.3, 0.4) is 0 Å². The molecule has 2 rings (SSSR count). The molecule has 16 heavy (non-hydrogen) atoms. The van der Waals surface area contributed by atoms with Crippen LogP contribution in [0.1, 0.15) is 38.8 Å². The van der Waals surface area contributed by atoms with Gasteiger partial charge in [0.05, 0.1) is 0 Å². The van der Waals surface area contributed by atoms with Gasteiger partial charge in [-0.3, -0.25) is 4.90 Å². The molecule has 0 aromatic heterocycles. The van der Waals surface area contributed by atoms with Crippen LogP contribution < -0.4 is 4.74 Å². The van der Waals surface area contributed by atoms with Gasteiger partial charge in [0.25, 0.3) is 0 Å². The summed E-state index contributed by atoms with van der Waals surface area (Å²) in [4.78, 5) is 2.37. The average molecular weight is 221 g/mol. The molecule has 1 heterocycles. The molecular formula is C14H23NO. The van der Waals surface area contributed by atoms with Gasteiger partial charge in [0, 0.05) is 18.2 Å². The lowest BCUT2D eigenvalue weighted by molar-refractivity contribution is 0.215. The number of likely N-dealkylation sites (N-methyl/N-ethyl adjacent to an activating group) is 1. The van der Waals surface area contributed by atoms with Gasteiger partial charge < -0.3 is 4.74 Å². The molecule has 0 aliphatic carbocycles. The number of fused-ring (bicyclic) bond motifs is 1. The van der Waals surface area contributed by atoms with E-state index in [0.29, 0.717) is 6.04 Å². The van der Waals surface area contributed by atoms with Crippen molar-refractivity contribution in [2.24, 2.45) is 0 Å². The average Bonchev–Trinajstić information content (AvgIpc) is 2.50. The summed E-state index contributed by atoms with van der Waals surface area (Å²) < 4.78 is 5.71. The van der Waals surface area contributed by atoms with Crippen molar-refractivity contribution >= 4 is 0 Å². The van der Waals surface area contributed by atoms with E-state index in [-0.39, 0.29) is 0 Å². The van der Waals surface area contributed by atoms with Crippen molar-refractivity contribution in [2.45, 2.75) is 33.2 Å². The highest BCUT2D eigenvalue weighted by atomic mass is 16.5. The van der Waals surface area contributed by atoms with E-state index >= 15 is 0 Å². The van der Waals surface area contributed by atoms with Crippen LogP contribution in [0.4, 0.5) is 0 Å². The number of nitrogens with zero attached hydrogens (tertiary/aromatic N) is 1. The molecule has 1 aromatic carbocycles. The minimum absolute atomic E-state index is 0.508. The Morgan fingerprint density at radius 3 is 2.69 bits per heavy atom. The van der Waals surface area contributed by atoms with Crippen LogP contribution in [0.5, 0.6) is 5.75 Å². The van der Waals surface area contributed by atoms with Crippen LogP contribution in [0.25, 0.3) is 0 Å². The summed E-state index contributed by atoms with van der Waals surface area (Å²) in [6.45, 7) is 8.03. The fourth-order valence-electron chi connectivity index (χ4n) is 2.11. The van der Waals surface area contributed by atoms with Gasteiger partial charge in [-0.15, -0.1) is 0 Å². The Kier molecular flexibility index (Phi) is 5.33. The molecular weight excluding hydrogens is 198 g/mol. The lowest BCUT2D eigenvalue weighted by atomic mass is 10.0. The molecule has 0 fully saturated rings. The molecule has 0 bridgehead atoms. The molecule has 0 saturated carbocycles. The maximum absolute atomic E-state index is 5.71. The SMILES string of the molecule is CC.CCC1c2ccccc2OCCN1C. The Bertz CT molecular complexity index is 311. The molecule has 2 heteroatoms. The molecule has 0 N–H and O–H groups in total. The Morgan fingerprint density at radius 1 is 1.31 bits per heavy atom. The van der Waals surface area contributed by atoms with Crippen molar-refractivity contribution in [3.8, 4) is 5.75 Å². The predicted molar refractivity (Wildman–Crippen MR) is 68.9 cm³/mol. The van der Waals surface area contributed by atoms with Crippen LogP contribution in [0.15, 0.2) is 24.3 Å². The summed E-state index contributed by atoms with van der Waals surface area (Å²) in [6, 6.07) is 8.87. The molecule has 1 unspecified atom stereocenters. The van der Waals surface area contributed by atoms with Crippen molar-refractivity contribution in [1.82, 2.24) is 4.90 Å². The molecule has 0 spiro atoms. The van der Waals surface area contributed by atoms with Crippen LogP contribution in [-0.4, -0.2) is 25.1 Å². The minimum Gasteiger partial charge on any atom is -0.492 e. The highest BCUT2D eigenvalue weighted by Gasteiger charge is 2.21. The van der Waals surface area contributed by atoms with E-state index in [1.165, 1.54) is 5.56 Å². The van der Waals surface area contributed by atoms with E-state index in [2.05, 4.69) is 37.1 Å². The third kappa shape index (κ3) is 2.76. The molecule has 1 aliphatic rings. The van der Waals surface area contributed by atoms with E-state index in [1.54, 1.807) is 0 Å². The Balaban J connectivity index is 0.000000606. The molecule has 1 aliphatic heterocycles. The Morgan fingerprint density at radius 2 is 2.00 bits per heavy atom. The third-order valence-corrected chi connectivity index (χ3v) is 2.90. The van der Waals surface area contributed by atoms with Gasteiger partial charge in [0.15, 0.2) is 0 Å². The fourth-order valence-corrected chi connectivity index (χ4v) is 2.11. The van der Waals surface area contributed by atoms with Gasteiger partial charge in [0.1, 0.15) is 12.4 Å². The first-order chi connectivity index (χ1) is 7.83. The standard InChI is InChI=1S/C12H17NO.C2H6/c1-3-11-10-6-4-5-7-12(10)14-9-8-13(11)2;1-2/h4-7,11H,3,8-9H2,1-2H3;1-2H3. The third-order valence-electron chi connectivity index (χ3n) is 2.90. The van der Waals surface area contributed by atoms with Gasteiger partial charge in [-0.1, -0.05) is 39.0 Å². The molecule has 0 radical (unpaired) electrons. The topological polar surface area (TPSA) is 12.5 Å². The molecule has 1 atom stereocenters. The smallest absolute Gasteiger partial charge is 0.124 e. The first-order valence-corrected chi connectivity index (χ1v) is 6.25. The van der Waals surface area contributed by atoms with E-state index in [9.17, 15) is 0 Å². The Hall–Kier alpha value is -1.02. The van der Waals surface area contributed by atoms with Crippen LogP contribution in [0, 0.1) is 0 Å². The molecule has 0 saturated heterocycles. The zero-order chi connectivity index (χ0) is 12.0. The number of benzene rings is 1. The molecule has 90 valence electrons. The monoisotopic (exact) mass is 221 g/mol. The predicted octanol–water partition coefficient (Wildman–Crippen LogP) is 3.49. The van der Waals surface area contributed by atoms with Crippen LogP contribution >= 0.6 is 0 Å². The molecule has 1 aromatic rings. The number of hydrogen-bond donors (Lipinski definition) is 0. The minimum atomic E-state index is 0.508. The van der Waals surface area contributed by atoms with Crippen molar-refractivity contribution in [3.05, 3.63) is 29.8 Å². The summed E-state index contributed by atoms with van der Waals surface area (Å²) in [5, 5.41) is 0. The maximum atomic E-state index is 5.71. The van der Waals surface area contributed by atoms with E-state index in [1.807, 2.05) is 19.9 Å².